The quantitative estimate of drug-likeness (QED) is 0.782. The van der Waals surface area contributed by atoms with E-state index in [1.54, 1.807) is 0 Å². The maximum absolute atomic E-state index is 11.3. The normalized spacial score (nSPS) is 32.2. The monoisotopic (exact) mass is 330 g/mol. The van der Waals surface area contributed by atoms with Gasteiger partial charge in [-0.25, -0.2) is 0 Å². The number of hydrogen-bond donors (Lipinski definition) is 0. The number of carbonyl (C=O) groups excluding carboxylic acids is 1. The number of carbonyl (C=O) groups is 1. The van der Waals surface area contributed by atoms with E-state index in [0.29, 0.717) is 29.6 Å². The Labute approximate surface area is 109 Å². The van der Waals surface area contributed by atoms with E-state index in [1.165, 1.54) is 5.69 Å². The fraction of sp³-hybridized carbons (Fsp3) is 0.667. The summed E-state index contributed by atoms with van der Waals surface area (Å²) in [5.74, 6) is 2.31. The lowest BCUT2D eigenvalue weighted by atomic mass is 10.1. The maximum atomic E-state index is 11.3. The van der Waals surface area contributed by atoms with Crippen LogP contribution in [0.4, 0.5) is 0 Å². The van der Waals surface area contributed by atoms with Crippen LogP contribution in [0.25, 0.3) is 0 Å². The van der Waals surface area contributed by atoms with Crippen molar-refractivity contribution in [2.75, 3.05) is 0 Å². The molecule has 3 rings (SSSR count). The Morgan fingerprint density at radius 2 is 2.06 bits per heavy atom. The number of nitrogens with zero attached hydrogens (tertiary/aromatic N) is 2. The molecule has 0 aliphatic heterocycles. The van der Waals surface area contributed by atoms with Crippen molar-refractivity contribution in [2.45, 2.75) is 38.6 Å². The number of ketones is 1. The molecule has 3 nitrogen and oxygen atoms in total. The van der Waals surface area contributed by atoms with Crippen LogP contribution in [0, 0.1) is 15.5 Å². The molecule has 2 aliphatic rings. The van der Waals surface area contributed by atoms with Gasteiger partial charge in [0.15, 0.2) is 0 Å². The highest BCUT2D eigenvalue weighted by molar-refractivity contribution is 14.1. The van der Waals surface area contributed by atoms with Crippen LogP contribution in [0.2, 0.25) is 0 Å². The second-order valence-corrected chi connectivity index (χ2v) is 6.34. The molecule has 0 spiro atoms. The molecule has 0 amide bonds. The lowest BCUT2D eigenvalue weighted by Crippen LogP contribution is -2.09. The summed E-state index contributed by atoms with van der Waals surface area (Å²) >= 11 is 2.27. The lowest BCUT2D eigenvalue weighted by Gasteiger charge is -2.11. The maximum Gasteiger partial charge on any atom is 0.133 e. The summed E-state index contributed by atoms with van der Waals surface area (Å²) in [4.78, 5) is 11.3. The van der Waals surface area contributed by atoms with Crippen molar-refractivity contribution < 1.29 is 4.79 Å². The summed E-state index contributed by atoms with van der Waals surface area (Å²) in [6, 6.07) is 2.60. The Balaban J connectivity index is 1.89. The minimum atomic E-state index is 0.413. The molecule has 2 aliphatic carbocycles. The fourth-order valence-corrected chi connectivity index (χ4v) is 3.64. The number of aromatic nitrogens is 2. The summed E-state index contributed by atoms with van der Waals surface area (Å²) in [6.07, 6.45) is 1.60. The molecule has 2 saturated carbocycles. The van der Waals surface area contributed by atoms with Gasteiger partial charge < -0.3 is 0 Å². The minimum Gasteiger partial charge on any atom is -0.300 e. The third kappa shape index (κ3) is 1.53. The molecule has 1 heterocycles. The molecule has 2 unspecified atom stereocenters. The highest BCUT2D eigenvalue weighted by Gasteiger charge is 2.57. The molecular weight excluding hydrogens is 315 g/mol. The average molecular weight is 330 g/mol. The molecule has 1 aromatic rings. The number of rotatable bonds is 2. The molecule has 2 fully saturated rings. The summed E-state index contributed by atoms with van der Waals surface area (Å²) in [5, 5.41) is 4.54. The summed E-state index contributed by atoms with van der Waals surface area (Å²) in [6.45, 7) is 4.33. The van der Waals surface area contributed by atoms with E-state index < -0.39 is 0 Å². The second-order valence-electron chi connectivity index (χ2n) is 5.23. The molecule has 16 heavy (non-hydrogen) atoms. The zero-order chi connectivity index (χ0) is 11.4. The lowest BCUT2D eigenvalue weighted by molar-refractivity contribution is -0.118. The van der Waals surface area contributed by atoms with Crippen LogP contribution in [-0.4, -0.2) is 15.6 Å². The van der Waals surface area contributed by atoms with Crippen molar-refractivity contribution in [3.8, 4) is 0 Å². The van der Waals surface area contributed by atoms with Crippen molar-refractivity contribution in [2.24, 2.45) is 11.8 Å². The molecule has 4 heteroatoms. The third-order valence-corrected chi connectivity index (χ3v) is 4.35. The summed E-state index contributed by atoms with van der Waals surface area (Å²) in [5.41, 5.74) is 1.35. The highest BCUT2D eigenvalue weighted by Crippen LogP contribution is 2.62. The molecule has 0 saturated heterocycles. The van der Waals surface area contributed by atoms with Gasteiger partial charge in [-0.3, -0.25) is 9.48 Å². The van der Waals surface area contributed by atoms with Gasteiger partial charge >= 0.3 is 0 Å². The van der Waals surface area contributed by atoms with E-state index in [4.69, 9.17) is 0 Å². The zero-order valence-electron chi connectivity index (χ0n) is 9.48. The minimum absolute atomic E-state index is 0.413. The molecular formula is C12H15IN2O. The van der Waals surface area contributed by atoms with Gasteiger partial charge in [-0.2, -0.15) is 5.10 Å². The predicted molar refractivity (Wildman–Crippen MR) is 69.3 cm³/mol. The van der Waals surface area contributed by atoms with Crippen molar-refractivity contribution in [3.63, 3.8) is 0 Å². The van der Waals surface area contributed by atoms with Gasteiger partial charge in [0.2, 0.25) is 0 Å². The number of fused-ring (bicyclic) bond motifs is 1. The smallest absolute Gasteiger partial charge is 0.133 e. The molecule has 2 atom stereocenters. The van der Waals surface area contributed by atoms with Crippen molar-refractivity contribution in [1.82, 2.24) is 9.78 Å². The van der Waals surface area contributed by atoms with Crippen LogP contribution in [0.3, 0.4) is 0 Å². The van der Waals surface area contributed by atoms with Gasteiger partial charge in [-0.15, -0.1) is 0 Å². The first kappa shape index (κ1) is 10.7. The van der Waals surface area contributed by atoms with Gasteiger partial charge in [-0.1, -0.05) is 0 Å². The molecule has 86 valence electrons. The summed E-state index contributed by atoms with van der Waals surface area (Å²) in [7, 11) is 0. The van der Waals surface area contributed by atoms with Crippen LogP contribution in [-0.2, 0) is 4.79 Å². The number of halogens is 1. The Kier molecular flexibility index (Phi) is 2.38. The standard InChI is InChI=1S/C12H15IN2O/c1-6(2)15-10(5-11(13)14-15)12-8-3-7(16)4-9(8)12/h5-6,8-9,12H,3-4H2,1-2H3. The van der Waals surface area contributed by atoms with Crippen molar-refractivity contribution in [3.05, 3.63) is 15.5 Å². The SMILES string of the molecule is CC(C)n1nc(I)cc1C1C2CC(=O)CC21. The van der Waals surface area contributed by atoms with Crippen LogP contribution in [0.15, 0.2) is 6.07 Å². The van der Waals surface area contributed by atoms with Crippen molar-refractivity contribution in [1.29, 1.82) is 0 Å². The summed E-state index contributed by atoms with van der Waals surface area (Å²) < 4.78 is 3.20. The van der Waals surface area contributed by atoms with Gasteiger partial charge in [0, 0.05) is 30.5 Å². The molecule has 0 radical (unpaired) electrons. The fourth-order valence-electron chi connectivity index (χ4n) is 3.09. The van der Waals surface area contributed by atoms with Crippen LogP contribution < -0.4 is 0 Å². The third-order valence-electron chi connectivity index (χ3n) is 3.82. The van der Waals surface area contributed by atoms with Gasteiger partial charge in [-0.05, 0) is 54.3 Å². The Morgan fingerprint density at radius 1 is 1.44 bits per heavy atom. The van der Waals surface area contributed by atoms with Crippen LogP contribution in [0.1, 0.15) is 44.3 Å². The van der Waals surface area contributed by atoms with Gasteiger partial charge in [0.25, 0.3) is 0 Å². The van der Waals surface area contributed by atoms with E-state index in [-0.39, 0.29) is 0 Å². The van der Waals surface area contributed by atoms with E-state index in [2.05, 4.69) is 52.3 Å². The Morgan fingerprint density at radius 3 is 2.62 bits per heavy atom. The van der Waals surface area contributed by atoms with E-state index in [0.717, 1.165) is 16.5 Å². The van der Waals surface area contributed by atoms with Crippen LogP contribution >= 0.6 is 22.6 Å². The van der Waals surface area contributed by atoms with E-state index in [1.807, 2.05) is 0 Å². The van der Waals surface area contributed by atoms with Gasteiger partial charge in [0.05, 0.1) is 0 Å². The van der Waals surface area contributed by atoms with E-state index in [9.17, 15) is 4.79 Å². The highest BCUT2D eigenvalue weighted by atomic mass is 127. The first-order chi connectivity index (χ1) is 7.58. The predicted octanol–water partition coefficient (Wildman–Crippen LogP) is 2.76. The molecule has 1 aromatic heterocycles. The largest absolute Gasteiger partial charge is 0.300 e. The average Bonchev–Trinajstić information content (AvgIpc) is 2.60. The van der Waals surface area contributed by atoms with E-state index >= 15 is 0 Å². The van der Waals surface area contributed by atoms with Crippen LogP contribution in [0.5, 0.6) is 0 Å². The number of hydrogen-bond acceptors (Lipinski definition) is 2. The van der Waals surface area contributed by atoms with Gasteiger partial charge in [0.1, 0.15) is 9.48 Å². The topological polar surface area (TPSA) is 34.9 Å². The Hall–Kier alpha value is -0.390. The Bertz CT molecular complexity index is 438. The molecule has 0 N–H and O–H groups in total. The molecule has 0 bridgehead atoms. The first-order valence-electron chi connectivity index (χ1n) is 5.84. The number of Topliss-reactive ketones (excluding diaryl/α,β-unsaturated/α-hetero) is 1. The first-order valence-corrected chi connectivity index (χ1v) is 6.92. The van der Waals surface area contributed by atoms with Crippen molar-refractivity contribution >= 4 is 28.4 Å². The molecule has 0 aromatic carbocycles. The second kappa shape index (κ2) is 3.55. The zero-order valence-corrected chi connectivity index (χ0v) is 11.6.